The van der Waals surface area contributed by atoms with Crippen LogP contribution in [0.3, 0.4) is 0 Å². The molecule has 0 aromatic heterocycles. The predicted molar refractivity (Wildman–Crippen MR) is 214 cm³/mol. The molecule has 0 amide bonds. The molecule has 4 rings (SSSR count). The third-order valence-corrected chi connectivity index (χ3v) is 12.1. The topological polar surface area (TPSA) is 466 Å². The monoisotopic (exact) mass is 1000 g/mol. The average Bonchev–Trinajstić information content (AvgIpc) is 3.32. The molecule has 0 saturated carbocycles. The summed E-state index contributed by atoms with van der Waals surface area (Å²) in [5, 5.41) is 187. The number of aliphatic hydroxyl groups excluding tert-OH is 18. The summed E-state index contributed by atoms with van der Waals surface area (Å²) in [5.41, 5.74) is 0. The van der Waals surface area contributed by atoms with Crippen LogP contribution in [-0.4, -0.2) is 304 Å². The van der Waals surface area contributed by atoms with Crippen molar-refractivity contribution < 1.29 is 144 Å². The van der Waals surface area contributed by atoms with Crippen molar-refractivity contribution in [1.82, 2.24) is 0 Å². The van der Waals surface area contributed by atoms with E-state index < -0.39 is 218 Å². The molecule has 0 spiro atoms. The van der Waals surface area contributed by atoms with Gasteiger partial charge in [-0.2, -0.15) is 0 Å². The highest BCUT2D eigenvalue weighted by molar-refractivity contribution is 4.96. The van der Waals surface area contributed by atoms with Crippen molar-refractivity contribution in [2.24, 2.45) is 5.92 Å². The van der Waals surface area contributed by atoms with Crippen LogP contribution in [0.1, 0.15) is 27.7 Å². The molecule has 402 valence electrons. The molecule has 29 nitrogen and oxygen atoms in total. The first kappa shape index (κ1) is 59.4. The molecule has 0 aliphatic carbocycles. The van der Waals surface area contributed by atoms with E-state index in [9.17, 15) is 91.9 Å². The lowest BCUT2D eigenvalue weighted by atomic mass is 9.91. The lowest BCUT2D eigenvalue weighted by Crippen LogP contribution is -2.64. The van der Waals surface area contributed by atoms with Gasteiger partial charge in [-0.1, -0.05) is 6.92 Å². The highest BCUT2D eigenvalue weighted by Gasteiger charge is 2.53. The summed E-state index contributed by atoms with van der Waals surface area (Å²) in [5.74, 6) is -1.21. The fraction of sp³-hybridized carbons (Fsp3) is 1.00. The Morgan fingerprint density at radius 3 is 1.51 bits per heavy atom. The molecular weight excluding hydrogens is 932 g/mol. The van der Waals surface area contributed by atoms with Crippen molar-refractivity contribution in [3.05, 3.63) is 0 Å². The zero-order valence-electron chi connectivity index (χ0n) is 37.7. The van der Waals surface area contributed by atoms with Gasteiger partial charge in [0.05, 0.1) is 58.5 Å². The highest BCUT2D eigenvalue weighted by atomic mass is 16.8. The number of rotatable bonds is 25. The Labute approximate surface area is 389 Å². The Morgan fingerprint density at radius 1 is 0.441 bits per heavy atom. The van der Waals surface area contributed by atoms with Gasteiger partial charge in [0.2, 0.25) is 0 Å². The quantitative estimate of drug-likeness (QED) is 0.0378. The maximum atomic E-state index is 11.6. The highest BCUT2D eigenvalue weighted by Crippen LogP contribution is 2.36. The van der Waals surface area contributed by atoms with Crippen LogP contribution in [0.5, 0.6) is 0 Å². The Morgan fingerprint density at radius 2 is 0.971 bits per heavy atom. The standard InChI is InChI=1S/C39H72O29/c1-12-31(66-37(61-17(6-41)16(48)5-40)15(4)59-38-29(55)26(52)23(49)14(3)58-38)24(50)20(9-44)64-35(12)68-33-25(51)21(10-45)65-39(30(33)56)63-19(8-43)18(7-42)62-36(13(2)47)67-32-22(11-46)60-34(57)28(54)27(32)53/h12-57H,5-11H2,1-4H3/t12-,13-,14?,15-,16+,17?,18?,19+,20?,21?,22?,23+,24-,25-,26?,27?,28?,29-,30?,31?,32+,33-,34+,35-,36-,37-,38-,39-/m0/s1. The van der Waals surface area contributed by atoms with Crippen LogP contribution in [0.15, 0.2) is 0 Å². The third kappa shape index (κ3) is 14.1. The van der Waals surface area contributed by atoms with Crippen molar-refractivity contribution in [1.29, 1.82) is 0 Å². The van der Waals surface area contributed by atoms with E-state index in [0.717, 1.165) is 6.92 Å². The first-order chi connectivity index (χ1) is 32.1. The molecule has 0 aromatic rings. The number of aliphatic hydroxyl groups is 18. The summed E-state index contributed by atoms with van der Waals surface area (Å²) in [7, 11) is 0. The van der Waals surface area contributed by atoms with E-state index in [4.69, 9.17) is 52.1 Å². The van der Waals surface area contributed by atoms with E-state index in [1.54, 1.807) is 0 Å². The Hall–Kier alpha value is -1.16. The summed E-state index contributed by atoms with van der Waals surface area (Å²) in [6, 6.07) is 0. The molecule has 4 saturated heterocycles. The van der Waals surface area contributed by atoms with Gasteiger partial charge in [0, 0.05) is 5.92 Å². The van der Waals surface area contributed by atoms with Crippen LogP contribution in [0.2, 0.25) is 0 Å². The van der Waals surface area contributed by atoms with E-state index in [-0.39, 0.29) is 0 Å². The number of hydrogen-bond acceptors (Lipinski definition) is 29. The average molecular weight is 1000 g/mol. The van der Waals surface area contributed by atoms with E-state index in [0.29, 0.717) is 0 Å². The lowest BCUT2D eigenvalue weighted by Gasteiger charge is -2.48. The van der Waals surface area contributed by atoms with Crippen LogP contribution >= 0.6 is 0 Å². The second kappa shape index (κ2) is 27.2. The fourth-order valence-electron chi connectivity index (χ4n) is 7.89. The van der Waals surface area contributed by atoms with Gasteiger partial charge in [-0.3, -0.25) is 0 Å². The Kier molecular flexibility index (Phi) is 23.8. The molecule has 0 aromatic carbocycles. The minimum absolute atomic E-state index is 0.840. The van der Waals surface area contributed by atoms with Gasteiger partial charge in [0.15, 0.2) is 37.7 Å². The van der Waals surface area contributed by atoms with Crippen LogP contribution in [0.25, 0.3) is 0 Å². The summed E-state index contributed by atoms with van der Waals surface area (Å²) in [6.45, 7) is -1.24. The Bertz CT molecular complexity index is 1420. The minimum atomic E-state index is -2.07. The molecule has 4 aliphatic heterocycles. The summed E-state index contributed by atoms with van der Waals surface area (Å²) >= 11 is 0. The van der Waals surface area contributed by atoms with Gasteiger partial charge < -0.3 is 144 Å². The predicted octanol–water partition coefficient (Wildman–Crippen LogP) is -10.5. The molecule has 29 heteroatoms. The number of hydrogen-bond donors (Lipinski definition) is 18. The van der Waals surface area contributed by atoms with Crippen molar-refractivity contribution in [3.8, 4) is 0 Å². The van der Waals surface area contributed by atoms with Gasteiger partial charge >= 0.3 is 0 Å². The largest absolute Gasteiger partial charge is 0.394 e. The maximum Gasteiger partial charge on any atom is 0.187 e. The lowest BCUT2D eigenvalue weighted by molar-refractivity contribution is -0.377. The fourth-order valence-corrected chi connectivity index (χ4v) is 7.89. The molecule has 4 fully saturated rings. The smallest absolute Gasteiger partial charge is 0.187 e. The second-order valence-electron chi connectivity index (χ2n) is 17.1. The van der Waals surface area contributed by atoms with Crippen LogP contribution in [0.4, 0.5) is 0 Å². The van der Waals surface area contributed by atoms with E-state index in [2.05, 4.69) is 0 Å². The molecule has 4 heterocycles. The summed E-state index contributed by atoms with van der Waals surface area (Å²) in [6.07, 6.45) is -45.6. The molecule has 0 radical (unpaired) electrons. The van der Waals surface area contributed by atoms with Gasteiger partial charge in [0.1, 0.15) is 116 Å². The Balaban J connectivity index is 1.56. The zero-order valence-corrected chi connectivity index (χ0v) is 37.7. The van der Waals surface area contributed by atoms with E-state index >= 15 is 0 Å². The first-order valence-corrected chi connectivity index (χ1v) is 22.1. The van der Waals surface area contributed by atoms with Gasteiger partial charge in [0.25, 0.3) is 0 Å². The van der Waals surface area contributed by atoms with Crippen molar-refractivity contribution in [3.63, 3.8) is 0 Å². The number of ether oxygens (including phenoxy) is 11. The van der Waals surface area contributed by atoms with E-state index in [1.165, 1.54) is 20.8 Å². The molecule has 0 bridgehead atoms. The molecule has 68 heavy (non-hydrogen) atoms. The maximum absolute atomic E-state index is 11.6. The van der Waals surface area contributed by atoms with Gasteiger partial charge in [-0.25, -0.2) is 0 Å². The molecule has 11 unspecified atom stereocenters. The first-order valence-electron chi connectivity index (χ1n) is 22.1. The minimum Gasteiger partial charge on any atom is -0.394 e. The van der Waals surface area contributed by atoms with Gasteiger partial charge in [-0.15, -0.1) is 0 Å². The molecule has 4 aliphatic rings. The van der Waals surface area contributed by atoms with E-state index in [1.807, 2.05) is 0 Å². The van der Waals surface area contributed by atoms with Crippen LogP contribution < -0.4 is 0 Å². The summed E-state index contributed by atoms with van der Waals surface area (Å²) in [4.78, 5) is 0. The normalized spacial score (nSPS) is 43.0. The second-order valence-corrected chi connectivity index (χ2v) is 17.1. The summed E-state index contributed by atoms with van der Waals surface area (Å²) < 4.78 is 62.9. The van der Waals surface area contributed by atoms with Gasteiger partial charge in [-0.05, 0) is 20.8 Å². The van der Waals surface area contributed by atoms with Crippen molar-refractivity contribution >= 4 is 0 Å². The van der Waals surface area contributed by atoms with Crippen LogP contribution in [-0.2, 0) is 52.1 Å². The van der Waals surface area contributed by atoms with Crippen molar-refractivity contribution in [2.45, 2.75) is 194 Å². The molecular formula is C39H72O29. The SMILES string of the molecule is CC1O[C@@H](O[C@@H](C)[C@@H](OC(CO)[C@H](O)CO)OC2[C@@H](O)C(CO)O[C@@H](O[C@@H]3C(O)[C@@H](O[C@H](CO)C(CO)O[C@@H](O[C@@H]4C(CO)O[C@@H](O)C(O)C4O)[C@H](C)O)OC(CO)[C@@H]3O)[C@H]2C)[C@@H](O)C(O)[C@@H]1O. The third-order valence-electron chi connectivity index (χ3n) is 12.1. The molecule has 28 atom stereocenters. The van der Waals surface area contributed by atoms with Crippen molar-refractivity contribution in [2.75, 3.05) is 46.2 Å². The zero-order chi connectivity index (χ0) is 50.9. The van der Waals surface area contributed by atoms with Crippen LogP contribution in [0, 0.1) is 5.92 Å². The molecule has 18 N–H and O–H groups in total.